The Morgan fingerprint density at radius 2 is 1.52 bits per heavy atom. The maximum absolute atomic E-state index is 12.1. The number of nitro groups is 2. The molecular weight excluding hydrogens is 372 g/mol. The molecule has 0 aromatic heterocycles. The van der Waals surface area contributed by atoms with E-state index in [0.717, 1.165) is 5.01 Å². The summed E-state index contributed by atoms with van der Waals surface area (Å²) >= 11 is 0. The molecule has 1 heterocycles. The van der Waals surface area contributed by atoms with Gasteiger partial charge in [-0.1, -0.05) is 53.5 Å². The van der Waals surface area contributed by atoms with Crippen LogP contribution in [0.25, 0.3) is 0 Å². The number of fused-ring (bicyclic) bond motifs is 1. The van der Waals surface area contributed by atoms with Gasteiger partial charge in [0.05, 0.1) is 16.3 Å². The van der Waals surface area contributed by atoms with Gasteiger partial charge in [0, 0.05) is 17.7 Å². The lowest BCUT2D eigenvalue weighted by Crippen LogP contribution is -2.48. The SMILES string of the molecule is CC1(c2ccccc2)C(=Nc2ccccc2)c2cc([N+](=O)[O-])ccc2N1[N+](=O)[O-]. The second-order valence-electron chi connectivity index (χ2n) is 6.74. The number of non-ortho nitro benzene ring substituents is 1. The minimum atomic E-state index is -1.25. The Hall–Kier alpha value is -4.07. The molecule has 0 radical (unpaired) electrons. The summed E-state index contributed by atoms with van der Waals surface area (Å²) in [5.41, 5.74) is 0.874. The van der Waals surface area contributed by atoms with E-state index in [1.165, 1.54) is 18.2 Å². The molecule has 144 valence electrons. The van der Waals surface area contributed by atoms with Crippen molar-refractivity contribution in [1.82, 2.24) is 0 Å². The predicted molar refractivity (Wildman–Crippen MR) is 109 cm³/mol. The van der Waals surface area contributed by atoms with E-state index in [1.807, 2.05) is 24.3 Å². The van der Waals surface area contributed by atoms with Gasteiger partial charge < -0.3 is 0 Å². The summed E-state index contributed by atoms with van der Waals surface area (Å²) in [4.78, 5) is 27.6. The van der Waals surface area contributed by atoms with Crippen LogP contribution in [-0.4, -0.2) is 15.7 Å². The van der Waals surface area contributed by atoms with Gasteiger partial charge in [-0.2, -0.15) is 0 Å². The highest BCUT2D eigenvalue weighted by Crippen LogP contribution is 2.47. The molecule has 0 saturated heterocycles. The summed E-state index contributed by atoms with van der Waals surface area (Å²) in [6.45, 7) is 1.71. The summed E-state index contributed by atoms with van der Waals surface area (Å²) < 4.78 is 0. The normalized spacial score (nSPS) is 19.2. The Morgan fingerprint density at radius 3 is 2.10 bits per heavy atom. The summed E-state index contributed by atoms with van der Waals surface area (Å²) in [5.74, 6) is 0. The van der Waals surface area contributed by atoms with Crippen LogP contribution in [0.1, 0.15) is 18.1 Å². The van der Waals surface area contributed by atoms with E-state index in [9.17, 15) is 20.2 Å². The molecule has 0 N–H and O–H groups in total. The molecule has 0 bridgehead atoms. The third kappa shape index (κ3) is 2.91. The molecule has 0 amide bonds. The standard InChI is InChI=1S/C21H16N4O4/c1-21(15-8-4-2-5-9-15)20(22-16-10-6-3-7-11-16)18-14-17(24(26)27)12-13-19(18)23(21)25(28)29/h2-14H,1H3. The lowest BCUT2D eigenvalue weighted by atomic mass is 9.86. The fourth-order valence-corrected chi connectivity index (χ4v) is 3.69. The molecule has 0 saturated carbocycles. The van der Waals surface area contributed by atoms with Crippen molar-refractivity contribution < 1.29 is 9.96 Å². The van der Waals surface area contributed by atoms with Crippen LogP contribution in [0.2, 0.25) is 0 Å². The zero-order valence-corrected chi connectivity index (χ0v) is 15.4. The van der Waals surface area contributed by atoms with Gasteiger partial charge in [0.1, 0.15) is 5.69 Å². The van der Waals surface area contributed by atoms with Gasteiger partial charge in [0.2, 0.25) is 0 Å². The van der Waals surface area contributed by atoms with Crippen LogP contribution in [0.4, 0.5) is 17.1 Å². The number of hydrogen-bond donors (Lipinski definition) is 0. The molecule has 29 heavy (non-hydrogen) atoms. The van der Waals surface area contributed by atoms with E-state index in [0.29, 0.717) is 22.5 Å². The van der Waals surface area contributed by atoms with Crippen LogP contribution in [0.3, 0.4) is 0 Å². The summed E-state index contributed by atoms with van der Waals surface area (Å²) in [6.07, 6.45) is 0. The molecule has 8 heteroatoms. The topological polar surface area (TPSA) is 102 Å². The third-order valence-electron chi connectivity index (χ3n) is 5.06. The second kappa shape index (κ2) is 6.83. The average molecular weight is 388 g/mol. The van der Waals surface area contributed by atoms with E-state index in [1.54, 1.807) is 43.3 Å². The Bertz CT molecular complexity index is 1130. The number of hydrazine groups is 1. The van der Waals surface area contributed by atoms with Crippen molar-refractivity contribution in [3.8, 4) is 0 Å². The molecule has 1 aliphatic rings. The van der Waals surface area contributed by atoms with Crippen LogP contribution in [0.5, 0.6) is 0 Å². The number of para-hydroxylation sites is 1. The minimum Gasteiger partial charge on any atom is -0.258 e. The number of anilines is 1. The van der Waals surface area contributed by atoms with Gasteiger partial charge in [-0.15, -0.1) is 0 Å². The molecule has 1 aliphatic heterocycles. The number of hydrogen-bond acceptors (Lipinski definition) is 5. The fourth-order valence-electron chi connectivity index (χ4n) is 3.69. The van der Waals surface area contributed by atoms with Crippen molar-refractivity contribution >= 4 is 22.8 Å². The van der Waals surface area contributed by atoms with Crippen molar-refractivity contribution in [2.24, 2.45) is 4.99 Å². The van der Waals surface area contributed by atoms with Gasteiger partial charge in [0.15, 0.2) is 10.6 Å². The first-order chi connectivity index (χ1) is 13.9. The van der Waals surface area contributed by atoms with Crippen LogP contribution < -0.4 is 5.01 Å². The fraction of sp³-hybridized carbons (Fsp3) is 0.0952. The van der Waals surface area contributed by atoms with Crippen LogP contribution in [0, 0.1) is 20.2 Å². The molecule has 1 atom stereocenters. The lowest BCUT2D eigenvalue weighted by Gasteiger charge is -2.29. The third-order valence-corrected chi connectivity index (χ3v) is 5.06. The number of aliphatic imine (C=N–C) groups is 1. The highest BCUT2D eigenvalue weighted by Gasteiger charge is 2.54. The smallest absolute Gasteiger partial charge is 0.258 e. The zero-order chi connectivity index (χ0) is 20.6. The van der Waals surface area contributed by atoms with E-state index in [2.05, 4.69) is 0 Å². The number of benzene rings is 3. The molecule has 3 aromatic rings. The first-order valence-electron chi connectivity index (χ1n) is 8.86. The van der Waals surface area contributed by atoms with E-state index < -0.39 is 15.5 Å². The van der Waals surface area contributed by atoms with Crippen molar-refractivity contribution in [2.75, 3.05) is 5.01 Å². The molecule has 0 spiro atoms. The summed E-state index contributed by atoms with van der Waals surface area (Å²) in [7, 11) is 0. The molecule has 0 aliphatic carbocycles. The van der Waals surface area contributed by atoms with Crippen molar-refractivity contribution in [3.05, 3.63) is 110 Å². The molecule has 1 unspecified atom stereocenters. The summed E-state index contributed by atoms with van der Waals surface area (Å²) in [6, 6.07) is 22.1. The second-order valence-corrected chi connectivity index (χ2v) is 6.74. The number of nitrogens with zero attached hydrogens (tertiary/aromatic N) is 4. The van der Waals surface area contributed by atoms with Gasteiger partial charge in [-0.3, -0.25) is 10.1 Å². The highest BCUT2D eigenvalue weighted by atomic mass is 16.7. The molecular formula is C21H16N4O4. The van der Waals surface area contributed by atoms with Gasteiger partial charge in [0.25, 0.3) is 5.69 Å². The van der Waals surface area contributed by atoms with Gasteiger partial charge in [-0.05, 0) is 30.7 Å². The lowest BCUT2D eigenvalue weighted by molar-refractivity contribution is -0.503. The van der Waals surface area contributed by atoms with E-state index in [-0.39, 0.29) is 11.4 Å². The summed E-state index contributed by atoms with van der Waals surface area (Å²) in [5, 5.41) is 24.0. The predicted octanol–water partition coefficient (Wildman–Crippen LogP) is 4.64. The monoisotopic (exact) mass is 388 g/mol. The van der Waals surface area contributed by atoms with Crippen molar-refractivity contribution in [2.45, 2.75) is 12.5 Å². The first kappa shape index (κ1) is 18.3. The van der Waals surface area contributed by atoms with Crippen LogP contribution >= 0.6 is 0 Å². The number of nitro benzene ring substituents is 1. The van der Waals surface area contributed by atoms with Crippen LogP contribution in [-0.2, 0) is 5.54 Å². The first-order valence-corrected chi connectivity index (χ1v) is 8.86. The maximum atomic E-state index is 12.1. The number of rotatable bonds is 4. The Kier molecular flexibility index (Phi) is 4.31. The van der Waals surface area contributed by atoms with E-state index in [4.69, 9.17) is 4.99 Å². The van der Waals surface area contributed by atoms with Gasteiger partial charge >= 0.3 is 0 Å². The van der Waals surface area contributed by atoms with E-state index >= 15 is 0 Å². The zero-order valence-electron chi connectivity index (χ0n) is 15.4. The molecule has 0 fully saturated rings. The Balaban J connectivity index is 2.05. The van der Waals surface area contributed by atoms with Crippen molar-refractivity contribution in [3.63, 3.8) is 0 Å². The average Bonchev–Trinajstić information content (AvgIpc) is 2.98. The molecule has 4 rings (SSSR count). The maximum Gasteiger partial charge on any atom is 0.270 e. The minimum absolute atomic E-state index is 0.148. The van der Waals surface area contributed by atoms with Crippen molar-refractivity contribution in [1.29, 1.82) is 0 Å². The Labute approximate surface area is 166 Å². The molecule has 8 nitrogen and oxygen atoms in total. The largest absolute Gasteiger partial charge is 0.270 e. The van der Waals surface area contributed by atoms with Gasteiger partial charge in [-0.25, -0.2) is 15.1 Å². The quantitative estimate of drug-likeness (QED) is 0.478. The van der Waals surface area contributed by atoms with Crippen LogP contribution in [0.15, 0.2) is 83.9 Å². The molecule has 3 aromatic carbocycles. The highest BCUT2D eigenvalue weighted by molar-refractivity contribution is 6.18. The Morgan fingerprint density at radius 1 is 0.897 bits per heavy atom.